The Balaban J connectivity index is 3.17. The van der Waals surface area contributed by atoms with Crippen molar-refractivity contribution in [1.82, 2.24) is 0 Å². The number of hydrogen-bond donors (Lipinski definition) is 0. The Kier molecular flexibility index (Phi) is 3.16. The average molecular weight is 196 g/mol. The van der Waals surface area contributed by atoms with Gasteiger partial charge in [0.2, 0.25) is 0 Å². The smallest absolute Gasteiger partial charge is 0.109 e. The summed E-state index contributed by atoms with van der Waals surface area (Å²) in [6, 6.07) is 3.84. The third kappa shape index (κ3) is 1.93. The van der Waals surface area contributed by atoms with Crippen LogP contribution in [0, 0.1) is 18.3 Å². The first-order valence-electron chi connectivity index (χ1n) is 4.04. The number of hydrogen-bond acceptors (Lipinski definition) is 2. The molecule has 1 heterocycles. The summed E-state index contributed by atoms with van der Waals surface area (Å²) in [5.41, 5.74) is 1.39. The second kappa shape index (κ2) is 4.15. The van der Waals surface area contributed by atoms with Crippen LogP contribution in [0.5, 0.6) is 0 Å². The Morgan fingerprint density at radius 2 is 2.38 bits per heavy atom. The van der Waals surface area contributed by atoms with Crippen molar-refractivity contribution in [2.45, 2.75) is 20.3 Å². The highest BCUT2D eigenvalue weighted by Crippen LogP contribution is 2.27. The lowest BCUT2D eigenvalue weighted by molar-refractivity contribution is 0.533. The topological polar surface area (TPSA) is 36.9 Å². The number of rotatable bonds is 2. The molecule has 0 saturated carbocycles. The minimum atomic E-state index is 0.497. The molecule has 1 aromatic rings. The zero-order valence-electron chi connectivity index (χ0n) is 7.60. The second-order valence-corrected chi connectivity index (χ2v) is 3.03. The lowest BCUT2D eigenvalue weighted by Crippen LogP contribution is -1.83. The van der Waals surface area contributed by atoms with E-state index in [0.717, 1.165) is 11.3 Å². The minimum Gasteiger partial charge on any atom is -0.469 e. The summed E-state index contributed by atoms with van der Waals surface area (Å²) in [6.45, 7) is 3.72. The standard InChI is InChI=1S/C10H10ClNO/c1-3-8(6-12)10(11)9-4-5-13-7(9)2/h4-5H,3H2,1-2H3. The van der Waals surface area contributed by atoms with Gasteiger partial charge in [-0.25, -0.2) is 0 Å². The normalized spacial score (nSPS) is 12.2. The first kappa shape index (κ1) is 9.88. The second-order valence-electron chi connectivity index (χ2n) is 2.65. The molecule has 1 aromatic heterocycles. The zero-order valence-corrected chi connectivity index (χ0v) is 8.35. The SMILES string of the molecule is CCC(C#N)=C(Cl)c1ccoc1C. The Labute approximate surface area is 82.4 Å². The van der Waals surface area contributed by atoms with E-state index in [0.29, 0.717) is 17.0 Å². The monoisotopic (exact) mass is 195 g/mol. The van der Waals surface area contributed by atoms with Crippen LogP contribution in [0.3, 0.4) is 0 Å². The predicted octanol–water partition coefficient (Wildman–Crippen LogP) is 3.47. The molecule has 0 saturated heterocycles. The van der Waals surface area contributed by atoms with Crippen LogP contribution in [0.25, 0.3) is 5.03 Å². The molecule has 1 rings (SSSR count). The molecule has 0 amide bonds. The van der Waals surface area contributed by atoms with Crippen molar-refractivity contribution in [3.8, 4) is 6.07 Å². The van der Waals surface area contributed by atoms with Crippen LogP contribution in [0.15, 0.2) is 22.3 Å². The molecule has 0 bridgehead atoms. The maximum atomic E-state index is 8.76. The van der Waals surface area contributed by atoms with Gasteiger partial charge >= 0.3 is 0 Å². The van der Waals surface area contributed by atoms with Gasteiger partial charge in [-0.15, -0.1) is 0 Å². The third-order valence-corrected chi connectivity index (χ3v) is 2.28. The molecular weight excluding hydrogens is 186 g/mol. The van der Waals surface area contributed by atoms with Crippen molar-refractivity contribution in [3.05, 3.63) is 29.2 Å². The van der Waals surface area contributed by atoms with Crippen molar-refractivity contribution in [3.63, 3.8) is 0 Å². The van der Waals surface area contributed by atoms with E-state index < -0.39 is 0 Å². The van der Waals surface area contributed by atoms with Crippen LogP contribution in [0.2, 0.25) is 0 Å². The van der Waals surface area contributed by atoms with Gasteiger partial charge in [-0.05, 0) is 19.4 Å². The highest BCUT2D eigenvalue weighted by atomic mass is 35.5. The third-order valence-electron chi connectivity index (χ3n) is 1.85. The number of furan rings is 1. The predicted molar refractivity (Wildman–Crippen MR) is 52.1 cm³/mol. The molecule has 3 heteroatoms. The van der Waals surface area contributed by atoms with Crippen molar-refractivity contribution in [1.29, 1.82) is 5.26 Å². The lowest BCUT2D eigenvalue weighted by atomic mass is 10.1. The molecule has 0 aromatic carbocycles. The van der Waals surface area contributed by atoms with Gasteiger partial charge in [0, 0.05) is 11.1 Å². The van der Waals surface area contributed by atoms with E-state index in [-0.39, 0.29) is 0 Å². The summed E-state index contributed by atoms with van der Waals surface area (Å²) < 4.78 is 5.10. The lowest BCUT2D eigenvalue weighted by Gasteiger charge is -1.98. The average Bonchev–Trinajstić information content (AvgIpc) is 2.53. The maximum absolute atomic E-state index is 8.76. The number of aryl methyl sites for hydroxylation is 1. The van der Waals surface area contributed by atoms with Crippen molar-refractivity contribution < 1.29 is 4.42 Å². The van der Waals surface area contributed by atoms with E-state index in [1.807, 2.05) is 13.8 Å². The van der Waals surface area contributed by atoms with Crippen LogP contribution in [0.4, 0.5) is 0 Å². The molecule has 0 atom stereocenters. The van der Waals surface area contributed by atoms with Crippen LogP contribution in [-0.2, 0) is 0 Å². The van der Waals surface area contributed by atoms with E-state index in [1.165, 1.54) is 0 Å². The summed E-state index contributed by atoms with van der Waals surface area (Å²) in [5.74, 6) is 0.742. The number of nitrogens with zero attached hydrogens (tertiary/aromatic N) is 1. The van der Waals surface area contributed by atoms with Gasteiger partial charge in [-0.3, -0.25) is 0 Å². The number of halogens is 1. The molecule has 2 nitrogen and oxygen atoms in total. The molecule has 68 valence electrons. The van der Waals surface area contributed by atoms with Gasteiger partial charge in [-0.2, -0.15) is 5.26 Å². The number of nitriles is 1. The Bertz CT molecular complexity index is 371. The van der Waals surface area contributed by atoms with Gasteiger partial charge < -0.3 is 4.42 Å². The molecule has 0 aliphatic rings. The minimum absolute atomic E-state index is 0.497. The van der Waals surface area contributed by atoms with Crippen molar-refractivity contribution >= 4 is 16.6 Å². The highest BCUT2D eigenvalue weighted by Gasteiger charge is 2.09. The van der Waals surface area contributed by atoms with Crippen LogP contribution < -0.4 is 0 Å². The van der Waals surface area contributed by atoms with E-state index in [1.54, 1.807) is 12.3 Å². The molecule has 0 radical (unpaired) electrons. The van der Waals surface area contributed by atoms with E-state index >= 15 is 0 Å². The Hall–Kier alpha value is -1.20. The van der Waals surface area contributed by atoms with Gasteiger partial charge in [0.25, 0.3) is 0 Å². The van der Waals surface area contributed by atoms with Crippen molar-refractivity contribution in [2.75, 3.05) is 0 Å². The molecule has 0 spiro atoms. The van der Waals surface area contributed by atoms with Gasteiger partial charge in [-0.1, -0.05) is 18.5 Å². The quantitative estimate of drug-likeness (QED) is 0.678. The summed E-state index contributed by atoms with van der Waals surface area (Å²) in [5, 5.41) is 9.26. The molecule has 0 aliphatic heterocycles. The number of allylic oxidation sites excluding steroid dienone is 1. The van der Waals surface area contributed by atoms with Gasteiger partial charge in [0.15, 0.2) is 0 Å². The molecule has 0 aliphatic carbocycles. The Morgan fingerprint density at radius 1 is 1.69 bits per heavy atom. The van der Waals surface area contributed by atoms with Crippen LogP contribution in [0.1, 0.15) is 24.7 Å². The first-order valence-corrected chi connectivity index (χ1v) is 4.41. The fourth-order valence-corrected chi connectivity index (χ4v) is 1.43. The zero-order chi connectivity index (χ0) is 9.84. The van der Waals surface area contributed by atoms with Crippen LogP contribution in [-0.4, -0.2) is 0 Å². The molecule has 0 fully saturated rings. The van der Waals surface area contributed by atoms with E-state index in [4.69, 9.17) is 21.3 Å². The van der Waals surface area contributed by atoms with Gasteiger partial charge in [0.1, 0.15) is 5.76 Å². The van der Waals surface area contributed by atoms with Crippen molar-refractivity contribution in [2.24, 2.45) is 0 Å². The molecular formula is C10H10ClNO. The summed E-state index contributed by atoms with van der Waals surface area (Å²) in [4.78, 5) is 0. The fraction of sp³-hybridized carbons (Fsp3) is 0.300. The van der Waals surface area contributed by atoms with E-state index in [9.17, 15) is 0 Å². The fourth-order valence-electron chi connectivity index (χ4n) is 1.06. The van der Waals surface area contributed by atoms with E-state index in [2.05, 4.69) is 6.07 Å². The summed E-state index contributed by atoms with van der Waals surface area (Å²) in [6.07, 6.45) is 2.21. The maximum Gasteiger partial charge on any atom is 0.109 e. The van der Waals surface area contributed by atoms with Crippen LogP contribution >= 0.6 is 11.6 Å². The summed E-state index contributed by atoms with van der Waals surface area (Å²) in [7, 11) is 0. The molecule has 13 heavy (non-hydrogen) atoms. The van der Waals surface area contributed by atoms with Gasteiger partial charge in [0.05, 0.1) is 17.4 Å². The summed E-state index contributed by atoms with van der Waals surface area (Å²) >= 11 is 6.02. The molecule has 0 N–H and O–H groups in total. The highest BCUT2D eigenvalue weighted by molar-refractivity contribution is 6.49. The Morgan fingerprint density at radius 3 is 2.77 bits per heavy atom. The largest absolute Gasteiger partial charge is 0.469 e. The molecule has 0 unspecified atom stereocenters. The first-order chi connectivity index (χ1) is 6.20.